The second-order valence-electron chi connectivity index (χ2n) is 7.22. The molecule has 0 radical (unpaired) electrons. The molecule has 10 heteroatoms. The van der Waals surface area contributed by atoms with Gasteiger partial charge in [-0.3, -0.25) is 9.59 Å². The van der Waals surface area contributed by atoms with Crippen LogP contribution in [0.5, 0.6) is 11.5 Å². The van der Waals surface area contributed by atoms with Crippen LogP contribution in [-0.4, -0.2) is 64.8 Å². The largest absolute Gasteiger partial charge is 0.454 e. The molecular weight excluding hydrogens is 420 g/mol. The van der Waals surface area contributed by atoms with E-state index in [9.17, 15) is 9.59 Å². The van der Waals surface area contributed by atoms with Crippen molar-refractivity contribution in [2.45, 2.75) is 12.8 Å². The van der Waals surface area contributed by atoms with Gasteiger partial charge in [-0.1, -0.05) is 6.07 Å². The van der Waals surface area contributed by atoms with E-state index in [0.29, 0.717) is 55.9 Å². The number of aromatic nitrogens is 2. The SMILES string of the molecule is O=C(CCc1nnc(-c2ccc3c(c2)OCO3)o1)N1CCN(C(=O)c2cccs2)CC1. The van der Waals surface area contributed by atoms with Crippen molar-refractivity contribution in [1.29, 1.82) is 0 Å². The van der Waals surface area contributed by atoms with Crippen LogP contribution in [0, 0.1) is 0 Å². The van der Waals surface area contributed by atoms with Crippen LogP contribution in [0.25, 0.3) is 11.5 Å². The highest BCUT2D eigenvalue weighted by Crippen LogP contribution is 2.35. The summed E-state index contributed by atoms with van der Waals surface area (Å²) >= 11 is 1.44. The summed E-state index contributed by atoms with van der Waals surface area (Å²) in [6, 6.07) is 9.11. The van der Waals surface area contributed by atoms with Gasteiger partial charge in [-0.2, -0.15) is 0 Å². The van der Waals surface area contributed by atoms with Crippen molar-refractivity contribution in [3.63, 3.8) is 0 Å². The fraction of sp³-hybridized carbons (Fsp3) is 0.333. The van der Waals surface area contributed by atoms with Crippen LogP contribution in [0.2, 0.25) is 0 Å². The molecule has 0 aliphatic carbocycles. The van der Waals surface area contributed by atoms with Crippen LogP contribution in [0.3, 0.4) is 0 Å². The van der Waals surface area contributed by atoms with Crippen LogP contribution in [0.15, 0.2) is 40.1 Å². The summed E-state index contributed by atoms with van der Waals surface area (Å²) in [6.45, 7) is 2.34. The average molecular weight is 440 g/mol. The van der Waals surface area contributed by atoms with Crippen molar-refractivity contribution in [2.24, 2.45) is 0 Å². The van der Waals surface area contributed by atoms with E-state index in [2.05, 4.69) is 10.2 Å². The Hall–Kier alpha value is -3.40. The van der Waals surface area contributed by atoms with Crippen LogP contribution < -0.4 is 9.47 Å². The van der Waals surface area contributed by atoms with E-state index in [0.717, 1.165) is 10.4 Å². The first-order valence-electron chi connectivity index (χ1n) is 10.0. The number of hydrogen-bond acceptors (Lipinski definition) is 8. The van der Waals surface area contributed by atoms with E-state index in [1.807, 2.05) is 23.6 Å². The summed E-state index contributed by atoms with van der Waals surface area (Å²) in [4.78, 5) is 29.3. The molecule has 160 valence electrons. The average Bonchev–Trinajstić information content (AvgIpc) is 3.58. The lowest BCUT2D eigenvalue weighted by molar-refractivity contribution is -0.132. The monoisotopic (exact) mass is 440 g/mol. The molecule has 0 N–H and O–H groups in total. The maximum Gasteiger partial charge on any atom is 0.264 e. The normalized spacial score (nSPS) is 15.4. The number of benzene rings is 1. The zero-order valence-corrected chi connectivity index (χ0v) is 17.5. The van der Waals surface area contributed by atoms with Gasteiger partial charge in [0.15, 0.2) is 11.5 Å². The molecule has 2 aromatic heterocycles. The van der Waals surface area contributed by atoms with Crippen molar-refractivity contribution in [3.05, 3.63) is 46.5 Å². The van der Waals surface area contributed by atoms with Gasteiger partial charge in [0.1, 0.15) is 0 Å². The lowest BCUT2D eigenvalue weighted by Gasteiger charge is -2.34. The Labute approximate surface area is 182 Å². The Morgan fingerprint density at radius 3 is 2.61 bits per heavy atom. The number of fused-ring (bicyclic) bond motifs is 1. The molecule has 2 amide bonds. The van der Waals surface area contributed by atoms with Crippen LogP contribution in [0.1, 0.15) is 22.0 Å². The van der Waals surface area contributed by atoms with Crippen molar-refractivity contribution < 1.29 is 23.5 Å². The predicted octanol–water partition coefficient (Wildman–Crippen LogP) is 2.44. The van der Waals surface area contributed by atoms with E-state index in [4.69, 9.17) is 13.9 Å². The quantitative estimate of drug-likeness (QED) is 0.601. The summed E-state index contributed by atoms with van der Waals surface area (Å²) in [5.74, 6) is 2.17. The first kappa shape index (κ1) is 19.6. The lowest BCUT2D eigenvalue weighted by atomic mass is 10.2. The number of ether oxygens (including phenoxy) is 2. The minimum Gasteiger partial charge on any atom is -0.454 e. The van der Waals surface area contributed by atoms with Gasteiger partial charge in [0.2, 0.25) is 24.5 Å². The molecule has 31 heavy (non-hydrogen) atoms. The number of rotatable bonds is 5. The summed E-state index contributed by atoms with van der Waals surface area (Å²) < 4.78 is 16.4. The molecule has 3 aromatic rings. The number of nitrogens with zero attached hydrogens (tertiary/aromatic N) is 4. The smallest absolute Gasteiger partial charge is 0.264 e. The van der Waals surface area contributed by atoms with Gasteiger partial charge in [0.05, 0.1) is 4.88 Å². The standard InChI is InChI=1S/C21H20N4O5S/c26-19(24-7-9-25(10-8-24)21(27)17-2-1-11-31-17)6-5-18-22-23-20(30-18)14-3-4-15-16(12-14)29-13-28-15/h1-4,11-12H,5-10,13H2. The topological polar surface area (TPSA) is 98.0 Å². The van der Waals surface area contributed by atoms with E-state index in [1.54, 1.807) is 21.9 Å². The van der Waals surface area contributed by atoms with Gasteiger partial charge in [-0.05, 0) is 29.6 Å². The summed E-state index contributed by atoms with van der Waals surface area (Å²) in [7, 11) is 0. The Bertz CT molecular complexity index is 1090. The summed E-state index contributed by atoms with van der Waals surface area (Å²) in [6.07, 6.45) is 0.645. The van der Waals surface area contributed by atoms with Gasteiger partial charge in [-0.15, -0.1) is 21.5 Å². The first-order chi connectivity index (χ1) is 15.2. The van der Waals surface area contributed by atoms with Gasteiger partial charge >= 0.3 is 0 Å². The zero-order valence-electron chi connectivity index (χ0n) is 16.7. The number of piperazine rings is 1. The minimum absolute atomic E-state index is 0.0195. The fourth-order valence-corrected chi connectivity index (χ4v) is 4.28. The molecule has 0 unspecified atom stereocenters. The Morgan fingerprint density at radius 2 is 1.81 bits per heavy atom. The number of carbonyl (C=O) groups excluding carboxylic acids is 2. The number of thiophene rings is 1. The van der Waals surface area contributed by atoms with Crippen molar-refractivity contribution in [1.82, 2.24) is 20.0 Å². The molecule has 4 heterocycles. The van der Waals surface area contributed by atoms with E-state index in [1.165, 1.54) is 11.3 Å². The Balaban J connectivity index is 1.13. The number of aryl methyl sites for hydroxylation is 1. The third kappa shape index (κ3) is 4.11. The molecule has 1 saturated heterocycles. The van der Waals surface area contributed by atoms with Gasteiger partial charge in [0.25, 0.3) is 5.91 Å². The zero-order chi connectivity index (χ0) is 21.2. The Kier molecular flexibility index (Phi) is 5.29. The van der Waals surface area contributed by atoms with Crippen LogP contribution in [0.4, 0.5) is 0 Å². The van der Waals surface area contributed by atoms with Crippen molar-refractivity contribution in [2.75, 3.05) is 33.0 Å². The first-order valence-corrected chi connectivity index (χ1v) is 10.9. The minimum atomic E-state index is 0.0195. The molecule has 0 atom stereocenters. The highest BCUT2D eigenvalue weighted by molar-refractivity contribution is 7.12. The Morgan fingerprint density at radius 1 is 1.00 bits per heavy atom. The van der Waals surface area contributed by atoms with Crippen molar-refractivity contribution in [3.8, 4) is 23.0 Å². The molecule has 1 aromatic carbocycles. The molecule has 2 aliphatic rings. The molecule has 0 spiro atoms. The predicted molar refractivity (Wildman–Crippen MR) is 111 cm³/mol. The van der Waals surface area contributed by atoms with E-state index < -0.39 is 0 Å². The molecule has 9 nitrogen and oxygen atoms in total. The maximum absolute atomic E-state index is 12.6. The van der Waals surface area contributed by atoms with Gasteiger partial charge in [0, 0.05) is 44.6 Å². The lowest BCUT2D eigenvalue weighted by Crippen LogP contribution is -2.50. The second kappa shape index (κ2) is 8.38. The molecule has 5 rings (SSSR count). The molecular formula is C21H20N4O5S. The second-order valence-corrected chi connectivity index (χ2v) is 8.17. The fourth-order valence-electron chi connectivity index (χ4n) is 3.59. The third-order valence-electron chi connectivity index (χ3n) is 5.29. The number of amides is 2. The van der Waals surface area contributed by atoms with E-state index in [-0.39, 0.29) is 25.0 Å². The highest BCUT2D eigenvalue weighted by atomic mass is 32.1. The van der Waals surface area contributed by atoms with Gasteiger partial charge < -0.3 is 23.7 Å². The molecule has 0 saturated carbocycles. The summed E-state index contributed by atoms with van der Waals surface area (Å²) in [5, 5.41) is 10.0. The molecule has 1 fully saturated rings. The van der Waals surface area contributed by atoms with Crippen LogP contribution in [-0.2, 0) is 11.2 Å². The number of hydrogen-bond donors (Lipinski definition) is 0. The molecule has 0 bridgehead atoms. The highest BCUT2D eigenvalue weighted by Gasteiger charge is 2.25. The third-order valence-corrected chi connectivity index (χ3v) is 6.15. The van der Waals surface area contributed by atoms with Gasteiger partial charge in [-0.25, -0.2) is 0 Å². The maximum atomic E-state index is 12.6. The molecule has 2 aliphatic heterocycles. The van der Waals surface area contributed by atoms with E-state index >= 15 is 0 Å². The van der Waals surface area contributed by atoms with Crippen LogP contribution >= 0.6 is 11.3 Å². The van der Waals surface area contributed by atoms with Crippen molar-refractivity contribution >= 4 is 23.2 Å². The summed E-state index contributed by atoms with van der Waals surface area (Å²) in [5.41, 5.74) is 0.737. The number of carbonyl (C=O) groups is 2.